The minimum absolute atomic E-state index is 0.350. The normalized spacial score (nSPS) is 12.2. The Morgan fingerprint density at radius 2 is 1.86 bits per heavy atom. The third-order valence-corrected chi connectivity index (χ3v) is 4.00. The van der Waals surface area contributed by atoms with Gasteiger partial charge in [0.1, 0.15) is 22.0 Å². The lowest BCUT2D eigenvalue weighted by atomic mass is 10.0. The van der Waals surface area contributed by atoms with Crippen LogP contribution >= 0.6 is 12.2 Å². The highest BCUT2D eigenvalue weighted by atomic mass is 32.1. The number of fused-ring (bicyclic) bond motifs is 2. The van der Waals surface area contributed by atoms with Gasteiger partial charge in [0.2, 0.25) is 5.88 Å². The molecule has 0 saturated heterocycles. The zero-order valence-corrected chi connectivity index (χ0v) is 12.3. The molecule has 1 N–H and O–H groups in total. The first-order valence-corrected chi connectivity index (χ1v) is 7.27. The molecule has 0 spiro atoms. The Balaban J connectivity index is 1.86. The third kappa shape index (κ3) is 2.10. The van der Waals surface area contributed by atoms with Gasteiger partial charge in [0.25, 0.3) is 0 Å². The molecular weight excluding hydrogens is 299 g/mol. The number of aromatic amines is 1. The van der Waals surface area contributed by atoms with E-state index in [0.29, 0.717) is 28.3 Å². The van der Waals surface area contributed by atoms with Crippen LogP contribution in [-0.4, -0.2) is 9.97 Å². The molecule has 2 heterocycles. The molecule has 3 aromatic rings. The summed E-state index contributed by atoms with van der Waals surface area (Å²) in [6, 6.07) is 14.2. The van der Waals surface area contributed by atoms with Crippen molar-refractivity contribution in [2.24, 2.45) is 0 Å². The summed E-state index contributed by atoms with van der Waals surface area (Å²) in [5.41, 5.74) is 2.27. The molecule has 0 atom stereocenters. The SMILES string of the molecule is Fc1ccccc1-c1nc(=S)c2c([nH]1)Oc1ccccc1C2. The van der Waals surface area contributed by atoms with Gasteiger partial charge >= 0.3 is 0 Å². The molecule has 4 rings (SSSR count). The predicted molar refractivity (Wildman–Crippen MR) is 84.1 cm³/mol. The molecule has 0 unspecified atom stereocenters. The van der Waals surface area contributed by atoms with Crippen LogP contribution in [0.3, 0.4) is 0 Å². The van der Waals surface area contributed by atoms with Crippen LogP contribution in [0.15, 0.2) is 48.5 Å². The fourth-order valence-electron chi connectivity index (χ4n) is 2.55. The maximum atomic E-state index is 13.9. The summed E-state index contributed by atoms with van der Waals surface area (Å²) in [5, 5.41) is 0. The highest BCUT2D eigenvalue weighted by molar-refractivity contribution is 7.71. The molecule has 2 aromatic carbocycles. The molecule has 1 aromatic heterocycles. The Hall–Kier alpha value is -2.53. The molecule has 108 valence electrons. The Morgan fingerprint density at radius 1 is 1.09 bits per heavy atom. The van der Waals surface area contributed by atoms with Crippen LogP contribution in [0.5, 0.6) is 11.6 Å². The molecule has 1 aliphatic heterocycles. The maximum Gasteiger partial charge on any atom is 0.205 e. The Morgan fingerprint density at radius 3 is 2.73 bits per heavy atom. The summed E-state index contributed by atoms with van der Waals surface area (Å²) >= 11 is 5.37. The van der Waals surface area contributed by atoms with Gasteiger partial charge in [-0.1, -0.05) is 42.5 Å². The zero-order chi connectivity index (χ0) is 15.1. The number of rotatable bonds is 1. The molecule has 0 fully saturated rings. The first kappa shape index (κ1) is 13.2. The van der Waals surface area contributed by atoms with Gasteiger partial charge in [-0.2, -0.15) is 0 Å². The lowest BCUT2D eigenvalue weighted by Gasteiger charge is -2.20. The van der Waals surface area contributed by atoms with Crippen LogP contribution in [0.25, 0.3) is 11.4 Å². The highest BCUT2D eigenvalue weighted by Crippen LogP contribution is 2.36. The van der Waals surface area contributed by atoms with Gasteiger partial charge in [-0.05, 0) is 23.8 Å². The van der Waals surface area contributed by atoms with E-state index in [1.54, 1.807) is 18.2 Å². The number of hydrogen-bond acceptors (Lipinski definition) is 3. The average molecular weight is 310 g/mol. The largest absolute Gasteiger partial charge is 0.440 e. The van der Waals surface area contributed by atoms with Gasteiger partial charge < -0.3 is 9.72 Å². The van der Waals surface area contributed by atoms with E-state index < -0.39 is 0 Å². The Labute approximate surface area is 131 Å². The summed E-state index contributed by atoms with van der Waals surface area (Å²) in [7, 11) is 0. The second-order valence-electron chi connectivity index (χ2n) is 5.06. The number of ether oxygens (including phenoxy) is 1. The van der Waals surface area contributed by atoms with Gasteiger partial charge in [-0.3, -0.25) is 0 Å². The molecule has 3 nitrogen and oxygen atoms in total. The van der Waals surface area contributed by atoms with Crippen molar-refractivity contribution >= 4 is 12.2 Å². The highest BCUT2D eigenvalue weighted by Gasteiger charge is 2.20. The quantitative estimate of drug-likeness (QED) is 0.520. The fraction of sp³-hybridized carbons (Fsp3) is 0.0588. The number of nitrogens with one attached hydrogen (secondary N) is 1. The van der Waals surface area contributed by atoms with Crippen LogP contribution in [0.2, 0.25) is 0 Å². The van der Waals surface area contributed by atoms with Crippen LogP contribution in [0.1, 0.15) is 11.1 Å². The molecule has 0 radical (unpaired) electrons. The van der Waals surface area contributed by atoms with Gasteiger partial charge in [0.05, 0.1) is 11.1 Å². The standard InChI is InChI=1S/C17H11FN2OS/c18-13-7-3-2-6-11(13)15-19-16-12(17(22)20-15)9-10-5-1-4-8-14(10)21-16/h1-8H,9H2,(H,19,20,22). The van der Waals surface area contributed by atoms with E-state index in [-0.39, 0.29) is 5.82 Å². The van der Waals surface area contributed by atoms with Crippen LogP contribution in [-0.2, 0) is 6.42 Å². The van der Waals surface area contributed by atoms with Gasteiger partial charge in [-0.25, -0.2) is 9.37 Å². The Kier molecular flexibility index (Phi) is 3.01. The average Bonchev–Trinajstić information content (AvgIpc) is 2.53. The van der Waals surface area contributed by atoms with Gasteiger partial charge in [-0.15, -0.1) is 0 Å². The van der Waals surface area contributed by atoms with E-state index in [2.05, 4.69) is 9.97 Å². The van der Waals surface area contributed by atoms with Crippen LogP contribution < -0.4 is 4.74 Å². The summed E-state index contributed by atoms with van der Waals surface area (Å²) in [6.45, 7) is 0. The van der Waals surface area contributed by atoms with Gasteiger partial charge in [0, 0.05) is 6.42 Å². The summed E-state index contributed by atoms with van der Waals surface area (Å²) in [6.07, 6.45) is 0.658. The minimum atomic E-state index is -0.350. The monoisotopic (exact) mass is 310 g/mol. The van der Waals surface area contributed by atoms with Crippen molar-refractivity contribution in [3.63, 3.8) is 0 Å². The maximum absolute atomic E-state index is 13.9. The first-order chi connectivity index (χ1) is 10.7. The number of nitrogens with zero attached hydrogens (tertiary/aromatic N) is 1. The summed E-state index contributed by atoms with van der Waals surface area (Å²) < 4.78 is 20.3. The van der Waals surface area contributed by atoms with E-state index in [1.165, 1.54) is 6.07 Å². The zero-order valence-electron chi connectivity index (χ0n) is 11.5. The minimum Gasteiger partial charge on any atom is -0.440 e. The van der Waals surface area contributed by atoms with Crippen molar-refractivity contribution in [2.45, 2.75) is 6.42 Å². The first-order valence-electron chi connectivity index (χ1n) is 6.86. The molecular formula is C17H11FN2OS. The molecule has 0 saturated carbocycles. The predicted octanol–water partition coefficient (Wildman–Crippen LogP) is 4.64. The smallest absolute Gasteiger partial charge is 0.205 e. The second-order valence-corrected chi connectivity index (χ2v) is 5.45. The molecule has 22 heavy (non-hydrogen) atoms. The van der Waals surface area contributed by atoms with Crippen LogP contribution in [0, 0.1) is 10.5 Å². The van der Waals surface area contributed by atoms with Crippen molar-refractivity contribution < 1.29 is 9.13 Å². The van der Waals surface area contributed by atoms with Crippen molar-refractivity contribution in [3.05, 3.63) is 70.1 Å². The van der Waals surface area contributed by atoms with Gasteiger partial charge in [0.15, 0.2) is 0 Å². The summed E-state index contributed by atoms with van der Waals surface area (Å²) in [4.78, 5) is 7.39. The van der Waals surface area contributed by atoms with E-state index in [4.69, 9.17) is 17.0 Å². The van der Waals surface area contributed by atoms with Crippen LogP contribution in [0.4, 0.5) is 4.39 Å². The van der Waals surface area contributed by atoms with E-state index in [0.717, 1.165) is 16.9 Å². The van der Waals surface area contributed by atoms with E-state index in [9.17, 15) is 4.39 Å². The topological polar surface area (TPSA) is 37.9 Å². The molecule has 0 amide bonds. The number of H-pyrrole nitrogens is 1. The van der Waals surface area contributed by atoms with E-state index in [1.807, 2.05) is 24.3 Å². The number of halogens is 1. The molecule has 0 aliphatic carbocycles. The fourth-order valence-corrected chi connectivity index (χ4v) is 2.81. The number of benzene rings is 2. The Bertz CT molecular complexity index is 936. The lowest BCUT2D eigenvalue weighted by Crippen LogP contribution is -2.08. The van der Waals surface area contributed by atoms with E-state index >= 15 is 0 Å². The molecule has 5 heteroatoms. The number of para-hydroxylation sites is 1. The second kappa shape index (κ2) is 5.03. The number of hydrogen-bond donors (Lipinski definition) is 1. The van der Waals surface area contributed by atoms with Crippen molar-refractivity contribution in [3.8, 4) is 23.0 Å². The molecule has 1 aliphatic rings. The summed E-state index contributed by atoms with van der Waals surface area (Å²) in [5.74, 6) is 1.35. The van der Waals surface area contributed by atoms with Crippen molar-refractivity contribution in [1.82, 2.24) is 9.97 Å². The molecule has 0 bridgehead atoms. The van der Waals surface area contributed by atoms with Crippen molar-refractivity contribution in [1.29, 1.82) is 0 Å². The third-order valence-electron chi connectivity index (χ3n) is 3.66. The number of aromatic nitrogens is 2. The lowest BCUT2D eigenvalue weighted by molar-refractivity contribution is 0.439. The van der Waals surface area contributed by atoms with Crippen molar-refractivity contribution in [2.75, 3.05) is 0 Å².